The predicted molar refractivity (Wildman–Crippen MR) is 120 cm³/mol. The van der Waals surface area contributed by atoms with Crippen molar-refractivity contribution in [1.29, 1.82) is 0 Å². The minimum absolute atomic E-state index is 0.00749. The van der Waals surface area contributed by atoms with Crippen LogP contribution in [0.5, 0.6) is 0 Å². The Hall–Kier alpha value is -3.03. The second-order valence-corrected chi connectivity index (χ2v) is 8.63. The SMILES string of the molecule is CC(=O)NCC(=O)N1CCCC[C@H]1c1nc(C)c2c(n1)N(Cc1ccc(F)cc1)CCC2. The minimum atomic E-state index is -0.241. The van der Waals surface area contributed by atoms with Gasteiger partial charge in [0.1, 0.15) is 11.6 Å². The average molecular weight is 440 g/mol. The zero-order chi connectivity index (χ0) is 22.7. The number of piperidine rings is 1. The van der Waals surface area contributed by atoms with Gasteiger partial charge in [-0.15, -0.1) is 0 Å². The summed E-state index contributed by atoms with van der Waals surface area (Å²) in [6.45, 7) is 5.58. The van der Waals surface area contributed by atoms with Crippen LogP contribution in [-0.4, -0.2) is 46.3 Å². The van der Waals surface area contributed by atoms with Crippen LogP contribution in [0.4, 0.5) is 10.2 Å². The number of rotatable bonds is 5. The molecule has 1 N–H and O–H groups in total. The number of anilines is 1. The average Bonchev–Trinajstić information content (AvgIpc) is 2.79. The van der Waals surface area contributed by atoms with E-state index >= 15 is 0 Å². The Kier molecular flexibility index (Phi) is 6.67. The van der Waals surface area contributed by atoms with Crippen LogP contribution in [0, 0.1) is 12.7 Å². The minimum Gasteiger partial charge on any atom is -0.352 e. The molecule has 3 heterocycles. The maximum atomic E-state index is 13.3. The van der Waals surface area contributed by atoms with Gasteiger partial charge in [0.25, 0.3) is 0 Å². The Morgan fingerprint density at radius 3 is 2.66 bits per heavy atom. The molecule has 0 bridgehead atoms. The first-order chi connectivity index (χ1) is 15.4. The standard InChI is InChI=1S/C24H30FN5O2/c1-16-20-6-5-12-29(15-18-8-10-19(25)11-9-18)24(20)28-23(27-16)21-7-3-4-13-30(21)22(32)14-26-17(2)31/h8-11,21H,3-7,12-15H2,1-2H3,(H,26,31)/t21-/m0/s1. The van der Waals surface area contributed by atoms with Gasteiger partial charge in [0, 0.05) is 37.8 Å². The zero-order valence-electron chi connectivity index (χ0n) is 18.7. The summed E-state index contributed by atoms with van der Waals surface area (Å²) in [6, 6.07) is 6.39. The molecule has 0 radical (unpaired) electrons. The predicted octanol–water partition coefficient (Wildman–Crippen LogP) is 3.07. The normalized spacial score (nSPS) is 18.3. The number of amides is 2. The maximum absolute atomic E-state index is 13.3. The highest BCUT2D eigenvalue weighted by molar-refractivity contribution is 5.84. The number of nitrogens with one attached hydrogen (secondary N) is 1. The molecule has 1 fully saturated rings. The third-order valence-electron chi connectivity index (χ3n) is 6.26. The Balaban J connectivity index is 1.62. The van der Waals surface area contributed by atoms with Gasteiger partial charge in [0.2, 0.25) is 11.8 Å². The van der Waals surface area contributed by atoms with Crippen LogP contribution in [0.25, 0.3) is 0 Å². The first-order valence-corrected chi connectivity index (χ1v) is 11.3. The summed E-state index contributed by atoms with van der Waals surface area (Å²) in [5, 5.41) is 2.61. The molecule has 1 saturated heterocycles. The van der Waals surface area contributed by atoms with E-state index in [-0.39, 0.29) is 30.2 Å². The molecular formula is C24H30FN5O2. The first-order valence-electron chi connectivity index (χ1n) is 11.3. The lowest BCUT2D eigenvalue weighted by atomic mass is 9.99. The molecule has 0 unspecified atom stereocenters. The van der Waals surface area contributed by atoms with Gasteiger partial charge in [-0.25, -0.2) is 14.4 Å². The Labute approximate surface area is 188 Å². The second kappa shape index (κ2) is 9.63. The molecule has 0 saturated carbocycles. The smallest absolute Gasteiger partial charge is 0.242 e. The number of halogens is 1. The van der Waals surface area contributed by atoms with Gasteiger partial charge in [-0.2, -0.15) is 0 Å². The zero-order valence-corrected chi connectivity index (χ0v) is 18.7. The number of carbonyl (C=O) groups excluding carboxylic acids is 2. The van der Waals surface area contributed by atoms with Crippen LogP contribution in [0.1, 0.15) is 61.3 Å². The topological polar surface area (TPSA) is 78.4 Å². The molecule has 1 aromatic carbocycles. The third kappa shape index (κ3) is 4.89. The van der Waals surface area contributed by atoms with E-state index in [1.54, 1.807) is 0 Å². The van der Waals surface area contributed by atoms with Crippen LogP contribution in [-0.2, 0) is 22.6 Å². The molecule has 4 rings (SSSR count). The van der Waals surface area contributed by atoms with Crippen molar-refractivity contribution in [3.05, 3.63) is 52.7 Å². The lowest BCUT2D eigenvalue weighted by Crippen LogP contribution is -2.44. The van der Waals surface area contributed by atoms with Crippen molar-refractivity contribution in [3.63, 3.8) is 0 Å². The summed E-state index contributed by atoms with van der Waals surface area (Å²) in [5.41, 5.74) is 3.13. The second-order valence-electron chi connectivity index (χ2n) is 8.63. The van der Waals surface area contributed by atoms with Crippen LogP contribution < -0.4 is 10.2 Å². The van der Waals surface area contributed by atoms with Gasteiger partial charge in [-0.1, -0.05) is 12.1 Å². The van der Waals surface area contributed by atoms with Crippen molar-refractivity contribution >= 4 is 17.6 Å². The van der Waals surface area contributed by atoms with Crippen molar-refractivity contribution < 1.29 is 14.0 Å². The molecule has 2 amide bonds. The maximum Gasteiger partial charge on any atom is 0.242 e. The fourth-order valence-electron chi connectivity index (χ4n) is 4.62. The summed E-state index contributed by atoms with van der Waals surface area (Å²) in [4.78, 5) is 37.9. The van der Waals surface area contributed by atoms with Crippen molar-refractivity contribution in [1.82, 2.24) is 20.2 Å². The van der Waals surface area contributed by atoms with Crippen molar-refractivity contribution in [2.75, 3.05) is 24.5 Å². The van der Waals surface area contributed by atoms with E-state index in [0.29, 0.717) is 18.9 Å². The van der Waals surface area contributed by atoms with Gasteiger partial charge in [0.05, 0.1) is 12.6 Å². The Bertz CT molecular complexity index is 995. The molecule has 7 nitrogen and oxygen atoms in total. The molecule has 2 aliphatic heterocycles. The molecule has 32 heavy (non-hydrogen) atoms. The lowest BCUT2D eigenvalue weighted by molar-refractivity contribution is -0.136. The summed E-state index contributed by atoms with van der Waals surface area (Å²) in [5.74, 6) is 1.02. The summed E-state index contributed by atoms with van der Waals surface area (Å²) < 4.78 is 13.3. The largest absolute Gasteiger partial charge is 0.352 e. The fraction of sp³-hybridized carbons (Fsp3) is 0.500. The number of aromatic nitrogens is 2. The summed E-state index contributed by atoms with van der Waals surface area (Å²) in [7, 11) is 0. The summed E-state index contributed by atoms with van der Waals surface area (Å²) in [6.07, 6.45) is 4.69. The molecule has 2 aliphatic rings. The van der Waals surface area contributed by atoms with Gasteiger partial charge in [0.15, 0.2) is 5.82 Å². The van der Waals surface area contributed by atoms with E-state index in [2.05, 4.69) is 10.2 Å². The van der Waals surface area contributed by atoms with Gasteiger partial charge in [-0.05, 0) is 56.7 Å². The molecule has 1 aromatic heterocycles. The molecule has 170 valence electrons. The van der Waals surface area contributed by atoms with Crippen molar-refractivity contribution in [2.24, 2.45) is 0 Å². The molecule has 0 aliphatic carbocycles. The van der Waals surface area contributed by atoms with E-state index in [4.69, 9.17) is 9.97 Å². The molecule has 0 spiro atoms. The molecule has 8 heteroatoms. The van der Waals surface area contributed by atoms with Crippen LogP contribution in [0.15, 0.2) is 24.3 Å². The van der Waals surface area contributed by atoms with Crippen LogP contribution >= 0.6 is 0 Å². The lowest BCUT2D eigenvalue weighted by Gasteiger charge is -2.37. The highest BCUT2D eigenvalue weighted by Crippen LogP contribution is 2.34. The van der Waals surface area contributed by atoms with Gasteiger partial charge < -0.3 is 15.1 Å². The first kappa shape index (κ1) is 22.2. The number of likely N-dealkylation sites (tertiary alicyclic amines) is 1. The van der Waals surface area contributed by atoms with Crippen molar-refractivity contribution in [3.8, 4) is 0 Å². The number of nitrogens with zero attached hydrogens (tertiary/aromatic N) is 4. The Morgan fingerprint density at radius 1 is 1.12 bits per heavy atom. The van der Waals surface area contributed by atoms with E-state index in [9.17, 15) is 14.0 Å². The van der Waals surface area contributed by atoms with E-state index in [0.717, 1.165) is 61.3 Å². The van der Waals surface area contributed by atoms with Crippen molar-refractivity contribution in [2.45, 2.75) is 58.5 Å². The molecular weight excluding hydrogens is 409 g/mol. The van der Waals surface area contributed by atoms with Crippen LogP contribution in [0.3, 0.4) is 0 Å². The number of benzene rings is 1. The molecule has 1 atom stereocenters. The summed E-state index contributed by atoms with van der Waals surface area (Å²) >= 11 is 0. The Morgan fingerprint density at radius 2 is 1.91 bits per heavy atom. The molecule has 2 aromatic rings. The number of hydrogen-bond acceptors (Lipinski definition) is 5. The highest BCUT2D eigenvalue weighted by atomic mass is 19.1. The fourth-order valence-corrected chi connectivity index (χ4v) is 4.62. The van der Waals surface area contributed by atoms with Gasteiger partial charge >= 0.3 is 0 Å². The monoisotopic (exact) mass is 439 g/mol. The number of fused-ring (bicyclic) bond motifs is 1. The van der Waals surface area contributed by atoms with Crippen LogP contribution in [0.2, 0.25) is 0 Å². The van der Waals surface area contributed by atoms with E-state index in [1.807, 2.05) is 24.0 Å². The number of aryl methyl sites for hydroxylation is 1. The highest BCUT2D eigenvalue weighted by Gasteiger charge is 2.32. The number of carbonyl (C=O) groups is 2. The third-order valence-corrected chi connectivity index (χ3v) is 6.26. The van der Waals surface area contributed by atoms with E-state index < -0.39 is 0 Å². The number of hydrogen-bond donors (Lipinski definition) is 1. The quantitative estimate of drug-likeness (QED) is 0.775. The van der Waals surface area contributed by atoms with Gasteiger partial charge in [-0.3, -0.25) is 9.59 Å². The van der Waals surface area contributed by atoms with E-state index in [1.165, 1.54) is 19.1 Å².